The Morgan fingerprint density at radius 3 is 2.75 bits per heavy atom. The van der Waals surface area contributed by atoms with E-state index < -0.39 is 0 Å². The summed E-state index contributed by atoms with van der Waals surface area (Å²) in [6.45, 7) is 4.81. The first-order valence-corrected chi connectivity index (χ1v) is 5.57. The van der Waals surface area contributed by atoms with E-state index in [1.807, 2.05) is 39.1 Å². The summed E-state index contributed by atoms with van der Waals surface area (Å²) < 4.78 is 5.78. The number of rotatable bonds is 2. The molecule has 1 amide bonds. The summed E-state index contributed by atoms with van der Waals surface area (Å²) in [5.74, 6) is 0.912. The van der Waals surface area contributed by atoms with Crippen LogP contribution in [0.3, 0.4) is 0 Å². The molecule has 16 heavy (non-hydrogen) atoms. The maximum atomic E-state index is 11.7. The van der Waals surface area contributed by atoms with Gasteiger partial charge in [0, 0.05) is 20.0 Å². The average Bonchev–Trinajstić information content (AvgIpc) is 2.55. The first-order valence-electron chi connectivity index (χ1n) is 5.57. The Bertz CT molecular complexity index is 414. The molecule has 3 nitrogen and oxygen atoms in total. The summed E-state index contributed by atoms with van der Waals surface area (Å²) in [5, 5.41) is 0. The molecule has 3 heteroatoms. The molecule has 86 valence electrons. The molecule has 0 aliphatic carbocycles. The highest BCUT2D eigenvalue weighted by atomic mass is 16.5. The minimum absolute atomic E-state index is 0.0842. The van der Waals surface area contributed by atoms with Crippen molar-refractivity contribution in [2.24, 2.45) is 0 Å². The molecule has 0 saturated carbocycles. The molecule has 1 heterocycles. The fourth-order valence-electron chi connectivity index (χ4n) is 1.89. The number of hydrogen-bond acceptors (Lipinski definition) is 2. The van der Waals surface area contributed by atoms with Crippen molar-refractivity contribution in [1.29, 1.82) is 0 Å². The SMILES string of the molecule is Cc1ccc(C)c(OC2CCN(C)C2=O)c1. The summed E-state index contributed by atoms with van der Waals surface area (Å²) in [4.78, 5) is 13.4. The van der Waals surface area contributed by atoms with Crippen LogP contribution in [0.25, 0.3) is 0 Å². The quantitative estimate of drug-likeness (QED) is 0.760. The molecule has 2 rings (SSSR count). The molecule has 1 unspecified atom stereocenters. The van der Waals surface area contributed by atoms with Gasteiger partial charge in [-0.3, -0.25) is 4.79 Å². The van der Waals surface area contributed by atoms with E-state index in [-0.39, 0.29) is 12.0 Å². The Hall–Kier alpha value is -1.51. The largest absolute Gasteiger partial charge is 0.480 e. The van der Waals surface area contributed by atoms with Gasteiger partial charge in [-0.05, 0) is 31.0 Å². The lowest BCUT2D eigenvalue weighted by molar-refractivity contribution is -0.132. The smallest absolute Gasteiger partial charge is 0.263 e. The Balaban J connectivity index is 2.15. The maximum Gasteiger partial charge on any atom is 0.263 e. The second-order valence-corrected chi connectivity index (χ2v) is 4.42. The zero-order chi connectivity index (χ0) is 11.7. The van der Waals surface area contributed by atoms with E-state index in [9.17, 15) is 4.79 Å². The zero-order valence-corrected chi connectivity index (χ0v) is 9.99. The van der Waals surface area contributed by atoms with E-state index in [0.29, 0.717) is 0 Å². The summed E-state index contributed by atoms with van der Waals surface area (Å²) in [6, 6.07) is 6.06. The maximum absolute atomic E-state index is 11.7. The minimum Gasteiger partial charge on any atom is -0.480 e. The topological polar surface area (TPSA) is 29.5 Å². The van der Waals surface area contributed by atoms with Gasteiger partial charge in [0.05, 0.1) is 0 Å². The van der Waals surface area contributed by atoms with Crippen molar-refractivity contribution in [1.82, 2.24) is 4.90 Å². The fourth-order valence-corrected chi connectivity index (χ4v) is 1.89. The Morgan fingerprint density at radius 1 is 1.38 bits per heavy atom. The Kier molecular flexibility index (Phi) is 2.86. The predicted molar refractivity (Wildman–Crippen MR) is 62.6 cm³/mol. The van der Waals surface area contributed by atoms with Crippen molar-refractivity contribution in [3.05, 3.63) is 29.3 Å². The van der Waals surface area contributed by atoms with Crippen LogP contribution in [0.2, 0.25) is 0 Å². The third-order valence-corrected chi connectivity index (χ3v) is 2.99. The molecular weight excluding hydrogens is 202 g/mol. The highest BCUT2D eigenvalue weighted by Crippen LogP contribution is 2.23. The lowest BCUT2D eigenvalue weighted by atomic mass is 10.1. The molecular formula is C13H17NO2. The van der Waals surface area contributed by atoms with Gasteiger partial charge in [0.2, 0.25) is 0 Å². The van der Waals surface area contributed by atoms with Gasteiger partial charge in [-0.1, -0.05) is 12.1 Å². The van der Waals surface area contributed by atoms with Gasteiger partial charge in [0.25, 0.3) is 5.91 Å². The molecule has 0 aromatic heterocycles. The molecule has 1 saturated heterocycles. The summed E-state index contributed by atoms with van der Waals surface area (Å²) in [5.41, 5.74) is 2.23. The van der Waals surface area contributed by atoms with Crippen LogP contribution >= 0.6 is 0 Å². The Morgan fingerprint density at radius 2 is 2.12 bits per heavy atom. The number of likely N-dealkylation sites (tertiary alicyclic amines) is 1. The lowest BCUT2D eigenvalue weighted by Crippen LogP contribution is -2.29. The monoisotopic (exact) mass is 219 g/mol. The highest BCUT2D eigenvalue weighted by molar-refractivity contribution is 5.83. The van der Waals surface area contributed by atoms with Crippen LogP contribution in [0.4, 0.5) is 0 Å². The van der Waals surface area contributed by atoms with Crippen LogP contribution in [0.5, 0.6) is 5.75 Å². The van der Waals surface area contributed by atoms with Crippen LogP contribution in [-0.4, -0.2) is 30.5 Å². The molecule has 0 radical (unpaired) electrons. The van der Waals surface area contributed by atoms with E-state index in [0.717, 1.165) is 29.8 Å². The number of carbonyl (C=O) groups excluding carboxylic acids is 1. The molecule has 0 spiro atoms. The molecule has 1 fully saturated rings. The van der Waals surface area contributed by atoms with Gasteiger partial charge < -0.3 is 9.64 Å². The minimum atomic E-state index is -0.300. The zero-order valence-electron chi connectivity index (χ0n) is 9.99. The van der Waals surface area contributed by atoms with Crippen LogP contribution in [0.1, 0.15) is 17.5 Å². The van der Waals surface area contributed by atoms with Gasteiger partial charge in [0.15, 0.2) is 6.10 Å². The first-order chi connectivity index (χ1) is 7.58. The fraction of sp³-hybridized carbons (Fsp3) is 0.462. The van der Waals surface area contributed by atoms with E-state index in [2.05, 4.69) is 0 Å². The number of likely N-dealkylation sites (N-methyl/N-ethyl adjacent to an activating group) is 1. The average molecular weight is 219 g/mol. The third-order valence-electron chi connectivity index (χ3n) is 2.99. The Labute approximate surface area is 96.0 Å². The van der Waals surface area contributed by atoms with Gasteiger partial charge in [0.1, 0.15) is 5.75 Å². The second-order valence-electron chi connectivity index (χ2n) is 4.42. The first kappa shape index (κ1) is 11.0. The molecule has 1 aromatic rings. The van der Waals surface area contributed by atoms with Gasteiger partial charge >= 0.3 is 0 Å². The molecule has 1 aromatic carbocycles. The number of hydrogen-bond donors (Lipinski definition) is 0. The number of benzene rings is 1. The summed E-state index contributed by atoms with van der Waals surface area (Å²) in [7, 11) is 1.81. The summed E-state index contributed by atoms with van der Waals surface area (Å²) >= 11 is 0. The van der Waals surface area contributed by atoms with Crippen molar-refractivity contribution >= 4 is 5.91 Å². The van der Waals surface area contributed by atoms with Crippen LogP contribution in [0.15, 0.2) is 18.2 Å². The number of ether oxygens (including phenoxy) is 1. The number of nitrogens with zero attached hydrogens (tertiary/aromatic N) is 1. The van der Waals surface area contributed by atoms with Crippen LogP contribution in [0, 0.1) is 13.8 Å². The van der Waals surface area contributed by atoms with Crippen molar-refractivity contribution < 1.29 is 9.53 Å². The summed E-state index contributed by atoms with van der Waals surface area (Å²) in [6.07, 6.45) is 0.480. The molecule has 1 aliphatic rings. The van der Waals surface area contributed by atoms with Crippen LogP contribution < -0.4 is 4.74 Å². The van der Waals surface area contributed by atoms with E-state index in [1.54, 1.807) is 4.90 Å². The molecule has 0 N–H and O–H groups in total. The van der Waals surface area contributed by atoms with Gasteiger partial charge in [-0.15, -0.1) is 0 Å². The van der Waals surface area contributed by atoms with E-state index in [4.69, 9.17) is 4.74 Å². The van der Waals surface area contributed by atoms with E-state index >= 15 is 0 Å². The van der Waals surface area contributed by atoms with Gasteiger partial charge in [-0.25, -0.2) is 0 Å². The number of carbonyl (C=O) groups is 1. The normalized spacial score (nSPS) is 20.3. The molecule has 0 bridgehead atoms. The van der Waals surface area contributed by atoms with Gasteiger partial charge in [-0.2, -0.15) is 0 Å². The predicted octanol–water partition coefficient (Wildman–Crippen LogP) is 1.91. The van der Waals surface area contributed by atoms with Crippen molar-refractivity contribution in [3.63, 3.8) is 0 Å². The molecule has 1 aliphatic heterocycles. The second kappa shape index (κ2) is 4.16. The molecule has 1 atom stereocenters. The number of aryl methyl sites for hydroxylation is 2. The lowest BCUT2D eigenvalue weighted by Gasteiger charge is -2.15. The standard InChI is InChI=1S/C13H17NO2/c1-9-4-5-10(2)12(8-9)16-11-6-7-14(3)13(11)15/h4-5,8,11H,6-7H2,1-3H3. The third kappa shape index (κ3) is 2.03. The van der Waals surface area contributed by atoms with Crippen molar-refractivity contribution in [2.45, 2.75) is 26.4 Å². The van der Waals surface area contributed by atoms with Crippen LogP contribution in [-0.2, 0) is 4.79 Å². The highest BCUT2D eigenvalue weighted by Gasteiger charge is 2.30. The van der Waals surface area contributed by atoms with E-state index in [1.165, 1.54) is 0 Å². The number of amides is 1. The van der Waals surface area contributed by atoms with Crippen molar-refractivity contribution in [2.75, 3.05) is 13.6 Å². The van der Waals surface area contributed by atoms with Crippen molar-refractivity contribution in [3.8, 4) is 5.75 Å².